The smallest absolute Gasteiger partial charge is 0.379 e. The number of hydrogen-bond acceptors (Lipinski definition) is 2. The minimum atomic E-state index is -4.42. The van der Waals surface area contributed by atoms with E-state index in [-0.39, 0.29) is 11.7 Å². The number of allylic oxidation sites excluding steroid dienone is 1. The normalized spacial score (nSPS) is 11.6. The van der Waals surface area contributed by atoms with Gasteiger partial charge in [-0.05, 0) is 35.4 Å². The van der Waals surface area contributed by atoms with Crippen LogP contribution in [-0.2, 0) is 11.0 Å². The van der Waals surface area contributed by atoms with Gasteiger partial charge in [-0.2, -0.15) is 18.7 Å². The summed E-state index contributed by atoms with van der Waals surface area (Å²) in [5.41, 5.74) is 3.46. The topological polar surface area (TPSA) is 38.3 Å². The minimum absolute atomic E-state index is 0.0995. The molecule has 0 aromatic heterocycles. The Hall–Kier alpha value is -3.54. The molecular weight excluding hydrogens is 379 g/mol. The molecule has 0 heterocycles. The van der Waals surface area contributed by atoms with Gasteiger partial charge in [0.1, 0.15) is 0 Å². The van der Waals surface area contributed by atoms with Gasteiger partial charge in [0.15, 0.2) is 5.75 Å². The van der Waals surface area contributed by atoms with Gasteiger partial charge in [0.25, 0.3) is 5.91 Å². The number of carbonyl (C=O) groups excluding carboxylic acids is 1. The van der Waals surface area contributed by atoms with Crippen LogP contribution in [0.15, 0.2) is 97.1 Å². The van der Waals surface area contributed by atoms with E-state index >= 15 is 0 Å². The highest BCUT2D eigenvalue weighted by molar-refractivity contribution is 5.87. The van der Waals surface area contributed by atoms with Crippen molar-refractivity contribution < 1.29 is 22.8 Å². The largest absolute Gasteiger partial charge is 0.416 e. The summed E-state index contributed by atoms with van der Waals surface area (Å²) >= 11 is 0. The Morgan fingerprint density at radius 2 is 1.34 bits per heavy atom. The van der Waals surface area contributed by atoms with Crippen molar-refractivity contribution in [2.75, 3.05) is 0 Å². The third-order valence-electron chi connectivity index (χ3n) is 4.21. The van der Waals surface area contributed by atoms with Gasteiger partial charge in [0.05, 0.1) is 5.56 Å². The Labute approximate surface area is 166 Å². The first-order chi connectivity index (χ1) is 13.9. The molecule has 0 radical (unpaired) electrons. The molecule has 0 fully saturated rings. The molecule has 3 nitrogen and oxygen atoms in total. The fourth-order valence-electron chi connectivity index (χ4n) is 2.77. The second-order valence-electron chi connectivity index (χ2n) is 6.25. The number of hydrogen-bond donors (Lipinski definition) is 1. The van der Waals surface area contributed by atoms with Crippen molar-refractivity contribution in [1.29, 1.82) is 0 Å². The molecule has 0 aliphatic heterocycles. The minimum Gasteiger partial charge on any atom is -0.379 e. The fraction of sp³-hybridized carbons (Fsp3) is 0.0870. The average Bonchev–Trinajstić information content (AvgIpc) is 2.73. The van der Waals surface area contributed by atoms with Crippen LogP contribution >= 0.6 is 0 Å². The zero-order valence-electron chi connectivity index (χ0n) is 15.3. The quantitative estimate of drug-likeness (QED) is 0.440. The monoisotopic (exact) mass is 397 g/mol. The molecule has 29 heavy (non-hydrogen) atoms. The highest BCUT2D eigenvalue weighted by atomic mass is 19.4. The van der Waals surface area contributed by atoms with Crippen LogP contribution in [0, 0.1) is 0 Å². The Morgan fingerprint density at radius 1 is 0.828 bits per heavy atom. The summed E-state index contributed by atoms with van der Waals surface area (Å²) in [5, 5.41) is 0. The van der Waals surface area contributed by atoms with Crippen molar-refractivity contribution in [2.45, 2.75) is 12.1 Å². The van der Waals surface area contributed by atoms with E-state index in [1.807, 2.05) is 60.7 Å². The molecule has 0 spiro atoms. The molecule has 148 valence electrons. The molecule has 3 rings (SSSR count). The molecule has 0 aliphatic rings. The van der Waals surface area contributed by atoms with Gasteiger partial charge in [-0.1, -0.05) is 66.7 Å². The summed E-state index contributed by atoms with van der Waals surface area (Å²) < 4.78 is 37.7. The highest BCUT2D eigenvalue weighted by Gasteiger charge is 2.30. The van der Waals surface area contributed by atoms with Crippen molar-refractivity contribution in [3.63, 3.8) is 0 Å². The van der Waals surface area contributed by atoms with E-state index in [1.54, 1.807) is 6.08 Å². The summed E-state index contributed by atoms with van der Waals surface area (Å²) in [6, 6.07) is 23.5. The van der Waals surface area contributed by atoms with Crippen molar-refractivity contribution in [1.82, 2.24) is 5.48 Å². The van der Waals surface area contributed by atoms with Crippen LogP contribution in [0.4, 0.5) is 13.2 Å². The Kier molecular flexibility index (Phi) is 6.34. The molecule has 0 atom stereocenters. The fourth-order valence-corrected chi connectivity index (χ4v) is 2.77. The number of rotatable bonds is 6. The second kappa shape index (κ2) is 9.10. The summed E-state index contributed by atoms with van der Waals surface area (Å²) in [6.07, 6.45) is -1.33. The number of alkyl halides is 3. The maximum Gasteiger partial charge on any atom is 0.416 e. The molecule has 0 aliphatic carbocycles. The van der Waals surface area contributed by atoms with Crippen LogP contribution in [0.3, 0.4) is 0 Å². The van der Waals surface area contributed by atoms with Gasteiger partial charge in [-0.15, -0.1) is 0 Å². The molecular formula is C23H18F3NO2. The lowest BCUT2D eigenvalue weighted by Crippen LogP contribution is -2.25. The van der Waals surface area contributed by atoms with Gasteiger partial charge in [-0.3, -0.25) is 4.79 Å². The first kappa shape index (κ1) is 20.2. The van der Waals surface area contributed by atoms with Crippen LogP contribution in [-0.4, -0.2) is 5.91 Å². The van der Waals surface area contributed by atoms with E-state index in [9.17, 15) is 18.0 Å². The summed E-state index contributed by atoms with van der Waals surface area (Å²) in [5.74, 6) is -0.557. The van der Waals surface area contributed by atoms with Crippen LogP contribution in [0.25, 0.3) is 0 Å². The predicted molar refractivity (Wildman–Crippen MR) is 104 cm³/mol. The predicted octanol–water partition coefficient (Wildman–Crippen LogP) is 5.50. The lowest BCUT2D eigenvalue weighted by atomic mass is 9.91. The third kappa shape index (κ3) is 5.72. The molecule has 1 amide bonds. The molecule has 3 aromatic rings. The van der Waals surface area contributed by atoms with Crippen LogP contribution in [0.1, 0.15) is 22.6 Å². The SMILES string of the molecule is O=C(C=CC(c1ccccc1)c1ccccc1)NOc1ccc(C(F)(F)F)cc1. The van der Waals surface area contributed by atoms with Crippen molar-refractivity contribution in [3.8, 4) is 5.75 Å². The molecule has 6 heteroatoms. The number of nitrogens with one attached hydrogen (secondary N) is 1. The van der Waals surface area contributed by atoms with Gasteiger partial charge in [0.2, 0.25) is 0 Å². The van der Waals surface area contributed by atoms with Crippen LogP contribution < -0.4 is 10.3 Å². The Balaban J connectivity index is 1.66. The molecule has 0 unspecified atom stereocenters. The Morgan fingerprint density at radius 3 is 1.83 bits per heavy atom. The lowest BCUT2D eigenvalue weighted by Gasteiger charge is -2.14. The van der Waals surface area contributed by atoms with E-state index in [4.69, 9.17) is 4.84 Å². The number of halogens is 3. The zero-order valence-corrected chi connectivity index (χ0v) is 15.3. The Bertz CT molecular complexity index is 913. The molecule has 0 saturated heterocycles. The number of benzene rings is 3. The number of amides is 1. The van der Waals surface area contributed by atoms with Gasteiger partial charge in [0, 0.05) is 12.0 Å². The van der Waals surface area contributed by atoms with E-state index in [2.05, 4.69) is 5.48 Å². The maximum atomic E-state index is 12.6. The zero-order chi connectivity index (χ0) is 20.7. The molecule has 1 N–H and O–H groups in total. The van der Waals surface area contributed by atoms with E-state index in [0.29, 0.717) is 0 Å². The third-order valence-corrected chi connectivity index (χ3v) is 4.21. The molecule has 3 aromatic carbocycles. The van der Waals surface area contributed by atoms with Gasteiger partial charge in [-0.25, -0.2) is 0 Å². The second-order valence-corrected chi connectivity index (χ2v) is 6.25. The summed E-state index contributed by atoms with van der Waals surface area (Å²) in [4.78, 5) is 17.2. The molecule has 0 saturated carbocycles. The van der Waals surface area contributed by atoms with E-state index in [0.717, 1.165) is 35.4 Å². The number of hydroxylamine groups is 1. The van der Waals surface area contributed by atoms with E-state index in [1.165, 1.54) is 6.08 Å². The average molecular weight is 397 g/mol. The number of carbonyl (C=O) groups is 1. The lowest BCUT2D eigenvalue weighted by molar-refractivity contribution is -0.137. The standard InChI is InChI=1S/C23H18F3NO2/c24-23(25,26)19-11-13-20(14-12-19)29-27-22(28)16-15-21(17-7-3-1-4-8-17)18-9-5-2-6-10-18/h1-16,21H,(H,27,28). The first-order valence-electron chi connectivity index (χ1n) is 8.85. The maximum absolute atomic E-state index is 12.6. The highest BCUT2D eigenvalue weighted by Crippen LogP contribution is 2.30. The summed E-state index contributed by atoms with van der Waals surface area (Å²) in [7, 11) is 0. The first-order valence-corrected chi connectivity index (χ1v) is 8.85. The van der Waals surface area contributed by atoms with Gasteiger partial charge >= 0.3 is 6.18 Å². The summed E-state index contributed by atoms with van der Waals surface area (Å²) in [6.45, 7) is 0. The van der Waals surface area contributed by atoms with Crippen LogP contribution in [0.2, 0.25) is 0 Å². The van der Waals surface area contributed by atoms with Gasteiger partial charge < -0.3 is 4.84 Å². The van der Waals surface area contributed by atoms with Crippen LogP contribution in [0.5, 0.6) is 5.75 Å². The van der Waals surface area contributed by atoms with Crippen molar-refractivity contribution in [3.05, 3.63) is 114 Å². The molecule has 0 bridgehead atoms. The van der Waals surface area contributed by atoms with Crippen molar-refractivity contribution >= 4 is 5.91 Å². The van der Waals surface area contributed by atoms with E-state index < -0.39 is 17.6 Å². The van der Waals surface area contributed by atoms with Crippen molar-refractivity contribution in [2.24, 2.45) is 0 Å².